The molecule has 7 heteroatoms. The van der Waals surface area contributed by atoms with E-state index in [0.29, 0.717) is 22.6 Å². The summed E-state index contributed by atoms with van der Waals surface area (Å²) in [5.41, 5.74) is 5.74. The molecule has 0 saturated carbocycles. The third-order valence-electron chi connectivity index (χ3n) is 4.65. The summed E-state index contributed by atoms with van der Waals surface area (Å²) in [7, 11) is 1.47. The van der Waals surface area contributed by atoms with E-state index in [4.69, 9.17) is 14.2 Å². The van der Waals surface area contributed by atoms with Crippen molar-refractivity contribution in [1.82, 2.24) is 5.43 Å². The molecule has 0 aliphatic heterocycles. The number of amides is 1. The van der Waals surface area contributed by atoms with Gasteiger partial charge >= 0.3 is 5.97 Å². The Kier molecular flexibility index (Phi) is 7.59. The van der Waals surface area contributed by atoms with Crippen molar-refractivity contribution >= 4 is 18.1 Å². The highest BCUT2D eigenvalue weighted by Gasteiger charge is 2.12. The largest absolute Gasteiger partial charge is 0.493 e. The van der Waals surface area contributed by atoms with Crippen molar-refractivity contribution in [3.8, 4) is 17.2 Å². The lowest BCUT2D eigenvalue weighted by Crippen LogP contribution is -2.24. The van der Waals surface area contributed by atoms with E-state index in [0.717, 1.165) is 11.1 Å². The minimum Gasteiger partial charge on any atom is -0.493 e. The molecule has 1 amide bonds. The van der Waals surface area contributed by atoms with Crippen LogP contribution in [0.15, 0.2) is 71.8 Å². The first-order chi connectivity index (χ1) is 15.5. The highest BCUT2D eigenvalue weighted by Crippen LogP contribution is 2.28. The molecule has 1 N–H and O–H groups in total. The lowest BCUT2D eigenvalue weighted by Gasteiger charge is -2.10. The molecular weight excluding hydrogens is 408 g/mol. The third kappa shape index (κ3) is 6.18. The van der Waals surface area contributed by atoms with Gasteiger partial charge in [0, 0.05) is 0 Å². The monoisotopic (exact) mass is 432 g/mol. The second-order valence-corrected chi connectivity index (χ2v) is 6.99. The van der Waals surface area contributed by atoms with Crippen molar-refractivity contribution in [2.24, 2.45) is 5.10 Å². The predicted molar refractivity (Wildman–Crippen MR) is 122 cm³/mol. The first kappa shape index (κ1) is 22.6. The summed E-state index contributed by atoms with van der Waals surface area (Å²) >= 11 is 0. The number of carbonyl (C=O) groups is 2. The SMILES string of the molecule is COc1cc(/C=N/NC(=O)COc2ccc(C)c(C)c2)ccc1OC(=O)c1ccccc1. The summed E-state index contributed by atoms with van der Waals surface area (Å²) in [5, 5.41) is 3.93. The van der Waals surface area contributed by atoms with Crippen LogP contribution < -0.4 is 19.6 Å². The van der Waals surface area contributed by atoms with Crippen LogP contribution in [0, 0.1) is 13.8 Å². The van der Waals surface area contributed by atoms with Crippen LogP contribution in [-0.2, 0) is 4.79 Å². The number of methoxy groups -OCH3 is 1. The maximum Gasteiger partial charge on any atom is 0.343 e. The van der Waals surface area contributed by atoms with Crippen LogP contribution in [0.2, 0.25) is 0 Å². The van der Waals surface area contributed by atoms with Crippen molar-refractivity contribution < 1.29 is 23.8 Å². The van der Waals surface area contributed by atoms with Crippen molar-refractivity contribution in [2.45, 2.75) is 13.8 Å². The van der Waals surface area contributed by atoms with Crippen molar-refractivity contribution in [2.75, 3.05) is 13.7 Å². The smallest absolute Gasteiger partial charge is 0.343 e. The fourth-order valence-electron chi connectivity index (χ4n) is 2.75. The topological polar surface area (TPSA) is 86.2 Å². The first-order valence-electron chi connectivity index (χ1n) is 9.93. The highest BCUT2D eigenvalue weighted by molar-refractivity contribution is 5.91. The lowest BCUT2D eigenvalue weighted by molar-refractivity contribution is -0.123. The van der Waals surface area contributed by atoms with E-state index in [9.17, 15) is 9.59 Å². The van der Waals surface area contributed by atoms with Gasteiger partial charge in [-0.2, -0.15) is 5.10 Å². The average Bonchev–Trinajstić information content (AvgIpc) is 2.81. The minimum atomic E-state index is -0.485. The zero-order chi connectivity index (χ0) is 22.9. The van der Waals surface area contributed by atoms with Crippen LogP contribution in [0.1, 0.15) is 27.0 Å². The highest BCUT2D eigenvalue weighted by atomic mass is 16.6. The molecule has 0 aliphatic rings. The van der Waals surface area contributed by atoms with E-state index in [2.05, 4.69) is 10.5 Å². The van der Waals surface area contributed by atoms with Crippen molar-refractivity contribution in [1.29, 1.82) is 0 Å². The maximum atomic E-state index is 12.2. The Morgan fingerprint density at radius 2 is 1.72 bits per heavy atom. The normalized spacial score (nSPS) is 10.6. The molecule has 7 nitrogen and oxygen atoms in total. The van der Waals surface area contributed by atoms with Gasteiger partial charge in [-0.1, -0.05) is 24.3 Å². The standard InChI is InChI=1S/C25H24N2O5/c1-17-9-11-21(13-18(17)2)31-16-24(28)27-26-15-19-10-12-22(23(14-19)30-3)32-25(29)20-7-5-4-6-8-20/h4-15H,16H2,1-3H3,(H,27,28)/b26-15+. The molecule has 32 heavy (non-hydrogen) atoms. The molecule has 0 aromatic heterocycles. The molecule has 0 aliphatic carbocycles. The number of hydrogen-bond acceptors (Lipinski definition) is 6. The Balaban J connectivity index is 1.55. The second kappa shape index (κ2) is 10.8. The van der Waals surface area contributed by atoms with Gasteiger partial charge in [-0.05, 0) is 73.0 Å². The van der Waals surface area contributed by atoms with E-state index in [1.165, 1.54) is 13.3 Å². The fraction of sp³-hybridized carbons (Fsp3) is 0.160. The Labute approximate surface area is 186 Å². The number of hydrogen-bond donors (Lipinski definition) is 1. The maximum absolute atomic E-state index is 12.2. The number of nitrogens with one attached hydrogen (secondary N) is 1. The number of aryl methyl sites for hydroxylation is 2. The van der Waals surface area contributed by atoms with E-state index in [1.807, 2.05) is 38.1 Å². The number of carbonyl (C=O) groups excluding carboxylic acids is 2. The number of nitrogens with zero attached hydrogens (tertiary/aromatic N) is 1. The number of benzene rings is 3. The number of rotatable bonds is 8. The predicted octanol–water partition coefficient (Wildman–Crippen LogP) is 4.06. The van der Waals surface area contributed by atoms with Gasteiger partial charge in [-0.3, -0.25) is 4.79 Å². The van der Waals surface area contributed by atoms with Crippen LogP contribution in [-0.4, -0.2) is 31.8 Å². The van der Waals surface area contributed by atoms with Crippen molar-refractivity contribution in [3.63, 3.8) is 0 Å². The number of hydrazone groups is 1. The molecule has 164 valence electrons. The average molecular weight is 432 g/mol. The first-order valence-corrected chi connectivity index (χ1v) is 9.93. The summed E-state index contributed by atoms with van der Waals surface area (Å²) < 4.78 is 16.2. The van der Waals surface area contributed by atoms with Gasteiger partial charge in [0.25, 0.3) is 5.91 Å². The molecule has 0 bridgehead atoms. The van der Waals surface area contributed by atoms with Crippen LogP contribution >= 0.6 is 0 Å². The summed E-state index contributed by atoms with van der Waals surface area (Å²) in [5.74, 6) is 0.394. The minimum absolute atomic E-state index is 0.155. The molecule has 0 atom stereocenters. The van der Waals surface area contributed by atoms with Gasteiger partial charge in [0.1, 0.15) is 5.75 Å². The van der Waals surface area contributed by atoms with Crippen LogP contribution in [0.3, 0.4) is 0 Å². The van der Waals surface area contributed by atoms with Gasteiger partial charge < -0.3 is 14.2 Å². The Morgan fingerprint density at radius 3 is 2.44 bits per heavy atom. The molecule has 0 spiro atoms. The summed E-state index contributed by atoms with van der Waals surface area (Å²) in [6, 6.07) is 19.3. The van der Waals surface area contributed by atoms with Gasteiger partial charge in [-0.25, -0.2) is 10.2 Å². The molecule has 0 saturated heterocycles. The van der Waals surface area contributed by atoms with E-state index < -0.39 is 5.97 Å². The number of esters is 1. The summed E-state index contributed by atoms with van der Waals surface area (Å²) in [6.07, 6.45) is 1.46. The zero-order valence-corrected chi connectivity index (χ0v) is 18.1. The molecule has 3 aromatic rings. The fourth-order valence-corrected chi connectivity index (χ4v) is 2.75. The Hall–Kier alpha value is -4.13. The van der Waals surface area contributed by atoms with Gasteiger partial charge in [0.15, 0.2) is 18.1 Å². The Morgan fingerprint density at radius 1 is 0.938 bits per heavy atom. The molecule has 0 radical (unpaired) electrons. The van der Waals surface area contributed by atoms with Gasteiger partial charge in [0.05, 0.1) is 18.9 Å². The van der Waals surface area contributed by atoms with Gasteiger partial charge in [-0.15, -0.1) is 0 Å². The third-order valence-corrected chi connectivity index (χ3v) is 4.65. The molecule has 3 aromatic carbocycles. The van der Waals surface area contributed by atoms with Crippen LogP contribution in [0.25, 0.3) is 0 Å². The molecule has 0 fully saturated rings. The van der Waals surface area contributed by atoms with E-state index in [-0.39, 0.29) is 18.3 Å². The molecule has 3 rings (SSSR count). The second-order valence-electron chi connectivity index (χ2n) is 6.99. The van der Waals surface area contributed by atoms with Crippen LogP contribution in [0.4, 0.5) is 0 Å². The summed E-state index contributed by atoms with van der Waals surface area (Å²) in [4.78, 5) is 24.2. The Bertz CT molecular complexity index is 1130. The summed E-state index contributed by atoms with van der Waals surface area (Å²) in [6.45, 7) is 3.83. The number of ether oxygens (including phenoxy) is 3. The molecule has 0 unspecified atom stereocenters. The zero-order valence-electron chi connectivity index (χ0n) is 18.1. The van der Waals surface area contributed by atoms with Crippen molar-refractivity contribution in [3.05, 3.63) is 89.0 Å². The van der Waals surface area contributed by atoms with Crippen LogP contribution in [0.5, 0.6) is 17.2 Å². The lowest BCUT2D eigenvalue weighted by atomic mass is 10.1. The molecular formula is C25H24N2O5. The van der Waals surface area contributed by atoms with Gasteiger partial charge in [0.2, 0.25) is 0 Å². The van der Waals surface area contributed by atoms with E-state index >= 15 is 0 Å². The quantitative estimate of drug-likeness (QED) is 0.251. The molecule has 0 heterocycles. The van der Waals surface area contributed by atoms with E-state index in [1.54, 1.807) is 42.5 Å².